The van der Waals surface area contributed by atoms with Gasteiger partial charge in [-0.15, -0.1) is 0 Å². The van der Waals surface area contributed by atoms with E-state index in [-0.39, 0.29) is 12.1 Å². The smallest absolute Gasteiger partial charge is 0.146 e. The summed E-state index contributed by atoms with van der Waals surface area (Å²) in [5.41, 5.74) is 6.59. The van der Waals surface area contributed by atoms with E-state index in [0.29, 0.717) is 16.4 Å². The quantitative estimate of drug-likeness (QED) is 0.806. The van der Waals surface area contributed by atoms with Gasteiger partial charge in [0.1, 0.15) is 16.9 Å². The lowest BCUT2D eigenvalue weighted by Crippen LogP contribution is -2.39. The predicted octanol–water partition coefficient (Wildman–Crippen LogP) is 2.68. The Morgan fingerprint density at radius 3 is 2.94 bits per heavy atom. The first kappa shape index (κ1) is 13.1. The second-order valence-electron chi connectivity index (χ2n) is 4.69. The molecule has 1 aliphatic rings. The molecule has 0 aliphatic heterocycles. The molecule has 0 radical (unpaired) electrons. The zero-order valence-electron chi connectivity index (χ0n) is 10.2. The molecule has 1 fully saturated rings. The van der Waals surface area contributed by atoms with Crippen LogP contribution in [-0.4, -0.2) is 17.1 Å². The molecule has 1 aliphatic carbocycles. The van der Waals surface area contributed by atoms with Crippen LogP contribution in [0.2, 0.25) is 5.02 Å². The molecule has 0 aromatic carbocycles. The molecule has 1 aromatic rings. The van der Waals surface area contributed by atoms with Crippen molar-refractivity contribution in [1.29, 1.82) is 5.26 Å². The fraction of sp³-hybridized carbons (Fsp3) is 0.538. The Balaban J connectivity index is 2.15. The van der Waals surface area contributed by atoms with Crippen LogP contribution in [0.3, 0.4) is 0 Å². The van der Waals surface area contributed by atoms with Crippen molar-refractivity contribution in [2.45, 2.75) is 44.2 Å². The largest absolute Gasteiger partial charge is 0.365 e. The molecule has 0 bridgehead atoms. The van der Waals surface area contributed by atoms with Crippen LogP contribution < -0.4 is 11.1 Å². The average Bonchev–Trinajstić information content (AvgIpc) is 2.57. The highest BCUT2D eigenvalue weighted by atomic mass is 35.5. The first-order chi connectivity index (χ1) is 8.72. The van der Waals surface area contributed by atoms with Crippen LogP contribution in [0.15, 0.2) is 12.3 Å². The fourth-order valence-electron chi connectivity index (χ4n) is 2.32. The molecular formula is C13H17ClN4. The number of hydrogen-bond acceptors (Lipinski definition) is 4. The van der Waals surface area contributed by atoms with Crippen LogP contribution in [0.25, 0.3) is 0 Å². The average molecular weight is 265 g/mol. The van der Waals surface area contributed by atoms with E-state index >= 15 is 0 Å². The van der Waals surface area contributed by atoms with Gasteiger partial charge in [-0.05, 0) is 18.9 Å². The van der Waals surface area contributed by atoms with Gasteiger partial charge in [-0.2, -0.15) is 5.26 Å². The number of nitrogens with zero attached hydrogens (tertiary/aromatic N) is 2. The summed E-state index contributed by atoms with van der Waals surface area (Å²) in [6, 6.07) is 3.97. The van der Waals surface area contributed by atoms with Gasteiger partial charge in [-0.25, -0.2) is 4.98 Å². The van der Waals surface area contributed by atoms with Crippen molar-refractivity contribution < 1.29 is 0 Å². The topological polar surface area (TPSA) is 74.7 Å². The number of pyridine rings is 1. The number of aromatic nitrogens is 1. The van der Waals surface area contributed by atoms with Crippen molar-refractivity contribution in [2.75, 3.05) is 5.32 Å². The number of rotatable bonds is 2. The third-order valence-corrected chi connectivity index (χ3v) is 3.78. The lowest BCUT2D eigenvalue weighted by atomic mass is 10.0. The second-order valence-corrected chi connectivity index (χ2v) is 5.06. The molecule has 2 rings (SSSR count). The molecular weight excluding hydrogens is 248 g/mol. The Labute approximate surface area is 112 Å². The summed E-state index contributed by atoms with van der Waals surface area (Å²) in [5.74, 6) is 0.568. The third kappa shape index (κ3) is 2.92. The van der Waals surface area contributed by atoms with Crippen molar-refractivity contribution in [2.24, 2.45) is 5.73 Å². The molecule has 3 N–H and O–H groups in total. The Hall–Kier alpha value is -1.31. The van der Waals surface area contributed by atoms with E-state index in [0.717, 1.165) is 12.8 Å². The zero-order chi connectivity index (χ0) is 13.0. The second kappa shape index (κ2) is 6.03. The standard InChI is InChI=1S/C13H17ClN4/c14-12-9(8-15)6-7-17-13(12)18-11-5-3-1-2-4-10(11)16/h6-7,10-11H,1-5,16H2,(H,17,18). The third-order valence-electron chi connectivity index (χ3n) is 3.40. The maximum Gasteiger partial charge on any atom is 0.146 e. The van der Waals surface area contributed by atoms with Crippen molar-refractivity contribution in [1.82, 2.24) is 4.98 Å². The highest BCUT2D eigenvalue weighted by Crippen LogP contribution is 2.26. The molecule has 0 saturated heterocycles. The first-order valence-corrected chi connectivity index (χ1v) is 6.67. The van der Waals surface area contributed by atoms with Crippen molar-refractivity contribution in [3.63, 3.8) is 0 Å². The molecule has 1 heterocycles. The summed E-state index contributed by atoms with van der Waals surface area (Å²) >= 11 is 6.13. The summed E-state index contributed by atoms with van der Waals surface area (Å²) in [6.45, 7) is 0. The number of nitrogens with two attached hydrogens (primary N) is 1. The molecule has 96 valence electrons. The van der Waals surface area contributed by atoms with E-state index in [2.05, 4.69) is 16.4 Å². The van der Waals surface area contributed by atoms with Gasteiger partial charge >= 0.3 is 0 Å². The maximum absolute atomic E-state index is 8.93. The summed E-state index contributed by atoms with van der Waals surface area (Å²) < 4.78 is 0. The van der Waals surface area contributed by atoms with Gasteiger partial charge in [0.2, 0.25) is 0 Å². The minimum Gasteiger partial charge on any atom is -0.365 e. The first-order valence-electron chi connectivity index (χ1n) is 6.29. The molecule has 1 saturated carbocycles. The molecule has 18 heavy (non-hydrogen) atoms. The molecule has 0 amide bonds. The van der Waals surface area contributed by atoms with Crippen LogP contribution >= 0.6 is 11.6 Å². The van der Waals surface area contributed by atoms with Crippen LogP contribution in [0.4, 0.5) is 5.82 Å². The van der Waals surface area contributed by atoms with Crippen LogP contribution in [-0.2, 0) is 0 Å². The molecule has 1 aromatic heterocycles. The molecule has 4 nitrogen and oxygen atoms in total. The van der Waals surface area contributed by atoms with Gasteiger partial charge < -0.3 is 11.1 Å². The lowest BCUT2D eigenvalue weighted by molar-refractivity contribution is 0.527. The predicted molar refractivity (Wildman–Crippen MR) is 72.4 cm³/mol. The summed E-state index contributed by atoms with van der Waals surface area (Å²) in [6.07, 6.45) is 7.21. The number of hydrogen-bond donors (Lipinski definition) is 2. The molecule has 5 heteroatoms. The van der Waals surface area contributed by atoms with Gasteiger partial charge in [0.15, 0.2) is 0 Å². The van der Waals surface area contributed by atoms with E-state index in [1.165, 1.54) is 19.3 Å². The monoisotopic (exact) mass is 264 g/mol. The fourth-order valence-corrected chi connectivity index (χ4v) is 2.53. The molecule has 2 unspecified atom stereocenters. The summed E-state index contributed by atoms with van der Waals surface area (Å²) in [5, 5.41) is 12.6. The number of nitrogens with one attached hydrogen (secondary N) is 1. The Morgan fingerprint density at radius 1 is 1.39 bits per heavy atom. The lowest BCUT2D eigenvalue weighted by Gasteiger charge is -2.23. The Bertz CT molecular complexity index is 455. The normalized spacial score (nSPS) is 24.1. The van der Waals surface area contributed by atoms with E-state index < -0.39 is 0 Å². The summed E-state index contributed by atoms with van der Waals surface area (Å²) in [4.78, 5) is 4.20. The van der Waals surface area contributed by atoms with E-state index in [1.807, 2.05) is 0 Å². The van der Waals surface area contributed by atoms with Gasteiger partial charge in [-0.3, -0.25) is 0 Å². The van der Waals surface area contributed by atoms with Crippen LogP contribution in [0.1, 0.15) is 37.7 Å². The summed E-state index contributed by atoms with van der Waals surface area (Å²) in [7, 11) is 0. The zero-order valence-corrected chi connectivity index (χ0v) is 11.0. The van der Waals surface area contributed by atoms with Crippen molar-refractivity contribution >= 4 is 17.4 Å². The van der Waals surface area contributed by atoms with Crippen molar-refractivity contribution in [3.05, 3.63) is 22.8 Å². The van der Waals surface area contributed by atoms with E-state index in [1.54, 1.807) is 12.3 Å². The molecule has 2 atom stereocenters. The van der Waals surface area contributed by atoms with Gasteiger partial charge in [-0.1, -0.05) is 30.9 Å². The number of anilines is 1. The van der Waals surface area contributed by atoms with Crippen LogP contribution in [0.5, 0.6) is 0 Å². The van der Waals surface area contributed by atoms with Gasteiger partial charge in [0.05, 0.1) is 5.56 Å². The maximum atomic E-state index is 8.93. The van der Waals surface area contributed by atoms with Gasteiger partial charge in [0, 0.05) is 18.3 Å². The van der Waals surface area contributed by atoms with Crippen molar-refractivity contribution in [3.8, 4) is 6.07 Å². The highest BCUT2D eigenvalue weighted by Gasteiger charge is 2.21. The highest BCUT2D eigenvalue weighted by molar-refractivity contribution is 6.34. The minimum absolute atomic E-state index is 0.121. The van der Waals surface area contributed by atoms with E-state index in [4.69, 9.17) is 22.6 Å². The van der Waals surface area contributed by atoms with Crippen LogP contribution in [0, 0.1) is 11.3 Å². The number of halogens is 1. The minimum atomic E-state index is 0.121. The molecule has 0 spiro atoms. The Kier molecular flexibility index (Phi) is 4.40. The number of nitriles is 1. The van der Waals surface area contributed by atoms with E-state index in [9.17, 15) is 0 Å². The SMILES string of the molecule is N#Cc1ccnc(NC2CCCCCC2N)c1Cl. The van der Waals surface area contributed by atoms with Gasteiger partial charge in [0.25, 0.3) is 0 Å². The Morgan fingerprint density at radius 2 is 2.17 bits per heavy atom.